The van der Waals surface area contributed by atoms with Gasteiger partial charge in [0.2, 0.25) is 11.8 Å². The molecule has 2 aromatic carbocycles. The van der Waals surface area contributed by atoms with Gasteiger partial charge >= 0.3 is 0 Å². The highest BCUT2D eigenvalue weighted by molar-refractivity contribution is 5.85. The molecule has 1 fully saturated rings. The minimum Gasteiger partial charge on any atom is -0.350 e. The Bertz CT molecular complexity index is 790. The topological polar surface area (TPSA) is 61.4 Å². The highest BCUT2D eigenvalue weighted by Crippen LogP contribution is 2.18. The zero-order valence-electron chi connectivity index (χ0n) is 17.2. The summed E-state index contributed by atoms with van der Waals surface area (Å²) in [5.74, 6) is 0.451. The number of carbonyl (C=O) groups is 2. The Morgan fingerprint density at radius 1 is 0.931 bits per heavy atom. The average molecular weight is 394 g/mol. The number of amides is 2. The number of likely N-dealkylation sites (tertiary alicyclic amines) is 1. The predicted octanol–water partition coefficient (Wildman–Crippen LogP) is 2.89. The summed E-state index contributed by atoms with van der Waals surface area (Å²) < 4.78 is 0. The lowest BCUT2D eigenvalue weighted by Gasteiger charge is -2.30. The summed E-state index contributed by atoms with van der Waals surface area (Å²) in [5.41, 5.74) is 3.30. The highest BCUT2D eigenvalue weighted by Gasteiger charge is 2.16. The third kappa shape index (κ3) is 7.35. The maximum atomic E-state index is 12.0. The maximum absolute atomic E-state index is 12.0. The van der Waals surface area contributed by atoms with Gasteiger partial charge in [0.05, 0.1) is 13.0 Å². The monoisotopic (exact) mass is 393 g/mol. The van der Waals surface area contributed by atoms with Gasteiger partial charge in [-0.25, -0.2) is 0 Å². The first-order chi connectivity index (χ1) is 14.1. The van der Waals surface area contributed by atoms with Crippen molar-refractivity contribution in [3.8, 4) is 0 Å². The van der Waals surface area contributed by atoms with E-state index in [1.54, 1.807) is 0 Å². The smallest absolute Gasteiger partial charge is 0.239 e. The molecular weight excluding hydrogens is 362 g/mol. The molecule has 0 bridgehead atoms. The molecule has 1 aliphatic heterocycles. The lowest BCUT2D eigenvalue weighted by molar-refractivity contribution is -0.125. The van der Waals surface area contributed by atoms with Gasteiger partial charge in [-0.05, 0) is 42.0 Å². The molecule has 1 aliphatic rings. The predicted molar refractivity (Wildman–Crippen MR) is 115 cm³/mol. The van der Waals surface area contributed by atoms with Crippen LogP contribution >= 0.6 is 0 Å². The zero-order chi connectivity index (χ0) is 20.5. The largest absolute Gasteiger partial charge is 0.350 e. The first kappa shape index (κ1) is 21.1. The molecule has 2 amide bonds. The summed E-state index contributed by atoms with van der Waals surface area (Å²) in [6, 6.07) is 17.9. The first-order valence-electron chi connectivity index (χ1n) is 10.5. The summed E-state index contributed by atoms with van der Waals surface area (Å²) in [4.78, 5) is 26.4. The lowest BCUT2D eigenvalue weighted by atomic mass is 9.99. The lowest BCUT2D eigenvalue weighted by Crippen LogP contribution is -2.37. The fourth-order valence-electron chi connectivity index (χ4n) is 3.74. The molecule has 5 nitrogen and oxygen atoms in total. The molecule has 154 valence electrons. The van der Waals surface area contributed by atoms with Gasteiger partial charge in [-0.1, -0.05) is 61.5 Å². The van der Waals surface area contributed by atoms with E-state index in [0.717, 1.165) is 23.6 Å². The minimum absolute atomic E-state index is 0.00308. The molecule has 0 aromatic heterocycles. The fourth-order valence-corrected chi connectivity index (χ4v) is 3.74. The van der Waals surface area contributed by atoms with E-state index in [-0.39, 0.29) is 24.8 Å². The van der Waals surface area contributed by atoms with E-state index in [9.17, 15) is 9.59 Å². The standard InChI is InChI=1S/C24H31N3O2/c1-19-6-5-13-27(17-19)18-22-11-9-21(10-12-22)15-25-24(29)16-26-23(28)14-20-7-3-2-4-8-20/h2-4,7-12,19H,5-6,13-18H2,1H3,(H,25,29)(H,26,28)/t19-/m0/s1. The van der Waals surface area contributed by atoms with Gasteiger partial charge in [-0.3, -0.25) is 14.5 Å². The Kier molecular flexibility index (Phi) is 7.82. The van der Waals surface area contributed by atoms with Crippen molar-refractivity contribution in [2.45, 2.75) is 39.3 Å². The van der Waals surface area contributed by atoms with Crippen LogP contribution in [0.4, 0.5) is 0 Å². The van der Waals surface area contributed by atoms with Crippen molar-refractivity contribution in [2.75, 3.05) is 19.6 Å². The van der Waals surface area contributed by atoms with Crippen molar-refractivity contribution < 1.29 is 9.59 Å². The molecule has 29 heavy (non-hydrogen) atoms. The number of nitrogens with one attached hydrogen (secondary N) is 2. The summed E-state index contributed by atoms with van der Waals surface area (Å²) in [6.45, 7) is 6.13. The fraction of sp³-hybridized carbons (Fsp3) is 0.417. The van der Waals surface area contributed by atoms with Crippen LogP contribution in [0.25, 0.3) is 0 Å². The van der Waals surface area contributed by atoms with Crippen molar-refractivity contribution in [2.24, 2.45) is 5.92 Å². The van der Waals surface area contributed by atoms with Crippen LogP contribution in [0.5, 0.6) is 0 Å². The van der Waals surface area contributed by atoms with E-state index in [1.807, 2.05) is 30.3 Å². The van der Waals surface area contributed by atoms with Gasteiger partial charge in [0.1, 0.15) is 0 Å². The molecule has 0 radical (unpaired) electrons. The van der Waals surface area contributed by atoms with Crippen LogP contribution in [0.2, 0.25) is 0 Å². The van der Waals surface area contributed by atoms with Gasteiger partial charge in [0.15, 0.2) is 0 Å². The Balaban J connectivity index is 1.36. The summed E-state index contributed by atoms with van der Waals surface area (Å²) >= 11 is 0. The molecule has 0 unspecified atom stereocenters. The van der Waals surface area contributed by atoms with Crippen LogP contribution in [-0.4, -0.2) is 36.3 Å². The number of hydrogen-bond donors (Lipinski definition) is 2. The number of nitrogens with zero attached hydrogens (tertiary/aromatic N) is 1. The second kappa shape index (κ2) is 10.8. The third-order valence-corrected chi connectivity index (χ3v) is 5.31. The van der Waals surface area contributed by atoms with Gasteiger partial charge in [0, 0.05) is 19.6 Å². The second-order valence-corrected chi connectivity index (χ2v) is 8.01. The second-order valence-electron chi connectivity index (χ2n) is 8.01. The van der Waals surface area contributed by atoms with Gasteiger partial charge < -0.3 is 10.6 Å². The van der Waals surface area contributed by atoms with Gasteiger partial charge in [-0.2, -0.15) is 0 Å². The molecular formula is C24H31N3O2. The quantitative estimate of drug-likeness (QED) is 0.725. The molecule has 0 saturated carbocycles. The molecule has 0 aliphatic carbocycles. The Morgan fingerprint density at radius 3 is 2.38 bits per heavy atom. The normalized spacial score (nSPS) is 16.9. The zero-order valence-corrected chi connectivity index (χ0v) is 17.2. The Hall–Kier alpha value is -2.66. The molecule has 2 aromatic rings. The number of benzene rings is 2. The summed E-state index contributed by atoms with van der Waals surface area (Å²) in [7, 11) is 0. The molecule has 0 spiro atoms. The van der Waals surface area contributed by atoms with E-state index in [2.05, 4.69) is 46.7 Å². The molecule has 3 rings (SSSR count). The van der Waals surface area contributed by atoms with E-state index in [0.29, 0.717) is 6.54 Å². The number of piperidine rings is 1. The number of carbonyl (C=O) groups excluding carboxylic acids is 2. The molecule has 2 N–H and O–H groups in total. The van der Waals surface area contributed by atoms with Crippen molar-refractivity contribution in [1.82, 2.24) is 15.5 Å². The molecule has 5 heteroatoms. The van der Waals surface area contributed by atoms with Crippen LogP contribution in [0.1, 0.15) is 36.5 Å². The Morgan fingerprint density at radius 2 is 1.66 bits per heavy atom. The van der Waals surface area contributed by atoms with Crippen LogP contribution in [0.15, 0.2) is 54.6 Å². The first-order valence-corrected chi connectivity index (χ1v) is 10.5. The molecule has 1 saturated heterocycles. The summed E-state index contributed by atoms with van der Waals surface area (Å²) in [6.07, 6.45) is 2.90. The number of hydrogen-bond acceptors (Lipinski definition) is 3. The average Bonchev–Trinajstić information content (AvgIpc) is 2.72. The summed E-state index contributed by atoms with van der Waals surface area (Å²) in [5, 5.41) is 5.53. The van der Waals surface area contributed by atoms with Crippen LogP contribution < -0.4 is 10.6 Å². The van der Waals surface area contributed by atoms with Crippen LogP contribution in [0.3, 0.4) is 0 Å². The maximum Gasteiger partial charge on any atom is 0.239 e. The van der Waals surface area contributed by atoms with E-state index in [1.165, 1.54) is 31.5 Å². The highest BCUT2D eigenvalue weighted by atomic mass is 16.2. The van der Waals surface area contributed by atoms with Crippen molar-refractivity contribution >= 4 is 11.8 Å². The molecule has 1 heterocycles. The van der Waals surface area contributed by atoms with Crippen molar-refractivity contribution in [3.05, 3.63) is 71.3 Å². The van der Waals surface area contributed by atoms with Crippen LogP contribution in [-0.2, 0) is 29.1 Å². The van der Waals surface area contributed by atoms with E-state index >= 15 is 0 Å². The van der Waals surface area contributed by atoms with Crippen molar-refractivity contribution in [1.29, 1.82) is 0 Å². The third-order valence-electron chi connectivity index (χ3n) is 5.31. The van der Waals surface area contributed by atoms with Crippen molar-refractivity contribution in [3.63, 3.8) is 0 Å². The van der Waals surface area contributed by atoms with Gasteiger partial charge in [-0.15, -0.1) is 0 Å². The number of rotatable bonds is 8. The van der Waals surface area contributed by atoms with Crippen LogP contribution in [0, 0.1) is 5.92 Å². The van der Waals surface area contributed by atoms with E-state index < -0.39 is 0 Å². The minimum atomic E-state index is -0.183. The van der Waals surface area contributed by atoms with Gasteiger partial charge in [0.25, 0.3) is 0 Å². The molecule has 1 atom stereocenters. The SMILES string of the molecule is C[C@H]1CCCN(Cc2ccc(CNC(=O)CNC(=O)Cc3ccccc3)cc2)C1. The van der Waals surface area contributed by atoms with E-state index in [4.69, 9.17) is 0 Å². The Labute approximate surface area is 173 Å².